The molecule has 10 nitrogen and oxygen atoms in total. The number of nitrogens with one attached hydrogen (secondary N) is 3. The predicted molar refractivity (Wildman–Crippen MR) is 129 cm³/mol. The monoisotopic (exact) mass is 467 g/mol. The number of nitroso groups, excluding NO2 is 1. The molecule has 0 saturated heterocycles. The van der Waals surface area contributed by atoms with E-state index >= 15 is 0 Å². The van der Waals surface area contributed by atoms with Crippen molar-refractivity contribution in [1.82, 2.24) is 10.6 Å². The zero-order valence-electron chi connectivity index (χ0n) is 19.9. The molecule has 2 aliphatic rings. The standard InChI is InChI=1S/C23H26N4O5.CH3N/c1-6-19-24-17(11-18(25-19)21(29)27-31)20(28)26-16-10-9-13-12(2)14(7-8-15(13)16)22(30)32-23(3,4)5;1-2/h6-8,11,16,24H,9-10H2,1-5H3,(H,26,28);2H,1H2/b19-6+;. The van der Waals surface area contributed by atoms with Gasteiger partial charge in [0.1, 0.15) is 22.8 Å². The lowest BCUT2D eigenvalue weighted by molar-refractivity contribution is -0.118. The van der Waals surface area contributed by atoms with Crippen molar-refractivity contribution >= 4 is 30.2 Å². The maximum atomic E-state index is 12.9. The molecule has 3 rings (SSSR count). The lowest BCUT2D eigenvalue weighted by Crippen LogP contribution is -2.36. The number of nitrogens with zero attached hydrogens (tertiary/aromatic N) is 2. The first kappa shape index (κ1) is 26.3. The number of amides is 2. The van der Waals surface area contributed by atoms with E-state index in [1.807, 2.05) is 33.8 Å². The van der Waals surface area contributed by atoms with Gasteiger partial charge in [0, 0.05) is 5.18 Å². The number of carbonyl (C=O) groups excluding carboxylic acids is 3. The number of fused-ring (bicyclic) bond motifs is 1. The molecule has 2 amide bonds. The first-order valence-corrected chi connectivity index (χ1v) is 10.7. The van der Waals surface area contributed by atoms with Gasteiger partial charge in [-0.1, -0.05) is 6.07 Å². The Morgan fingerprint density at radius 3 is 2.56 bits per heavy atom. The van der Waals surface area contributed by atoms with E-state index in [1.165, 1.54) is 6.08 Å². The highest BCUT2D eigenvalue weighted by atomic mass is 16.6. The Morgan fingerprint density at radius 1 is 1.29 bits per heavy atom. The Bertz CT molecular complexity index is 1110. The largest absolute Gasteiger partial charge is 0.456 e. The van der Waals surface area contributed by atoms with E-state index in [4.69, 9.17) is 10.1 Å². The second-order valence-corrected chi connectivity index (χ2v) is 8.62. The summed E-state index contributed by atoms with van der Waals surface area (Å²) in [5.41, 5.74) is 2.61. The number of hydrogen-bond donors (Lipinski definition) is 3. The van der Waals surface area contributed by atoms with Crippen LogP contribution in [0, 0.1) is 17.2 Å². The van der Waals surface area contributed by atoms with Gasteiger partial charge in [0.2, 0.25) is 0 Å². The zero-order chi connectivity index (χ0) is 25.6. The minimum atomic E-state index is -1.05. The molecule has 10 heteroatoms. The number of aliphatic imine (C=N–C) groups is 1. The highest BCUT2D eigenvalue weighted by Crippen LogP contribution is 2.35. The summed E-state index contributed by atoms with van der Waals surface area (Å²) in [5, 5.41) is 13.7. The molecule has 1 aromatic carbocycles. The summed E-state index contributed by atoms with van der Waals surface area (Å²) < 4.78 is 5.50. The topological polar surface area (TPSA) is 150 Å². The molecule has 34 heavy (non-hydrogen) atoms. The third-order valence-corrected chi connectivity index (χ3v) is 5.22. The van der Waals surface area contributed by atoms with Crippen LogP contribution in [0.5, 0.6) is 0 Å². The molecule has 180 valence electrons. The summed E-state index contributed by atoms with van der Waals surface area (Å²) >= 11 is 0. The minimum Gasteiger partial charge on any atom is -0.456 e. The number of allylic oxidation sites excluding steroid dienone is 1. The molecular formula is C24H29N5O5. The van der Waals surface area contributed by atoms with Gasteiger partial charge in [0.05, 0.1) is 11.6 Å². The molecule has 1 unspecified atom stereocenters. The fourth-order valence-electron chi connectivity index (χ4n) is 3.74. The minimum absolute atomic E-state index is 0.0932. The quantitative estimate of drug-likeness (QED) is 0.351. The van der Waals surface area contributed by atoms with Crippen molar-refractivity contribution in [2.75, 3.05) is 0 Å². The number of benzene rings is 1. The highest BCUT2D eigenvalue weighted by molar-refractivity contribution is 6.44. The van der Waals surface area contributed by atoms with E-state index in [1.54, 1.807) is 19.1 Å². The third kappa shape index (κ3) is 5.89. The number of esters is 1. The van der Waals surface area contributed by atoms with Gasteiger partial charge in [-0.25, -0.2) is 9.79 Å². The lowest BCUT2D eigenvalue weighted by atomic mass is 9.97. The molecule has 3 N–H and O–H groups in total. The van der Waals surface area contributed by atoms with Crippen molar-refractivity contribution in [2.24, 2.45) is 10.2 Å². The molecule has 1 atom stereocenters. The lowest BCUT2D eigenvalue weighted by Gasteiger charge is -2.21. The van der Waals surface area contributed by atoms with E-state index < -0.39 is 17.4 Å². The molecule has 0 bridgehead atoms. The van der Waals surface area contributed by atoms with Crippen LogP contribution < -0.4 is 10.6 Å². The van der Waals surface area contributed by atoms with Crippen LogP contribution in [0.2, 0.25) is 0 Å². The van der Waals surface area contributed by atoms with Crippen molar-refractivity contribution < 1.29 is 19.1 Å². The van der Waals surface area contributed by atoms with Gasteiger partial charge in [-0.05, 0) is 89.1 Å². The maximum Gasteiger partial charge on any atom is 0.338 e. The number of hydrogen-bond acceptors (Lipinski definition) is 8. The number of ether oxygens (including phenoxy) is 1. The van der Waals surface area contributed by atoms with Crippen LogP contribution in [-0.2, 0) is 20.7 Å². The van der Waals surface area contributed by atoms with Gasteiger partial charge in [-0.15, -0.1) is 4.91 Å². The molecule has 1 aromatic rings. The second kappa shape index (κ2) is 10.8. The summed E-state index contributed by atoms with van der Waals surface area (Å²) in [7, 11) is 0. The molecule has 1 aliphatic carbocycles. The van der Waals surface area contributed by atoms with Crippen molar-refractivity contribution in [2.45, 2.75) is 59.1 Å². The van der Waals surface area contributed by atoms with Gasteiger partial charge in [0.25, 0.3) is 5.91 Å². The van der Waals surface area contributed by atoms with Crippen LogP contribution in [0.15, 0.2) is 46.0 Å². The van der Waals surface area contributed by atoms with E-state index in [0.717, 1.165) is 16.7 Å². The van der Waals surface area contributed by atoms with Gasteiger partial charge < -0.3 is 20.8 Å². The SMILES string of the molecule is C/C=C1/N=C(C(=O)N=O)C=C(C(=O)NC2CCc3c2ccc(C(=O)OC(C)(C)C)c3C)N1.C=N. The summed E-state index contributed by atoms with van der Waals surface area (Å²) in [6.45, 7) is 11.5. The van der Waals surface area contributed by atoms with E-state index in [-0.39, 0.29) is 29.2 Å². The Balaban J connectivity index is 0.00000199. The Morgan fingerprint density at radius 2 is 1.97 bits per heavy atom. The summed E-state index contributed by atoms with van der Waals surface area (Å²) in [6, 6.07) is 3.30. The van der Waals surface area contributed by atoms with Crippen molar-refractivity contribution in [3.8, 4) is 0 Å². The predicted octanol–water partition coefficient (Wildman–Crippen LogP) is 3.40. The average molecular weight is 468 g/mol. The van der Waals surface area contributed by atoms with E-state index in [0.29, 0.717) is 18.4 Å². The van der Waals surface area contributed by atoms with Crippen LogP contribution >= 0.6 is 0 Å². The zero-order valence-corrected chi connectivity index (χ0v) is 19.9. The van der Waals surface area contributed by atoms with Crippen LogP contribution in [0.1, 0.15) is 67.2 Å². The molecule has 0 aromatic heterocycles. The maximum absolute atomic E-state index is 12.9. The van der Waals surface area contributed by atoms with Crippen LogP contribution in [0.3, 0.4) is 0 Å². The fourth-order valence-corrected chi connectivity index (χ4v) is 3.74. The summed E-state index contributed by atoms with van der Waals surface area (Å²) in [4.78, 5) is 51.6. The molecule has 1 heterocycles. The Hall–Kier alpha value is -3.95. The van der Waals surface area contributed by atoms with Crippen LogP contribution in [0.4, 0.5) is 0 Å². The normalized spacial score (nSPS) is 17.8. The van der Waals surface area contributed by atoms with Gasteiger partial charge in [0.15, 0.2) is 0 Å². The molecule has 0 spiro atoms. The van der Waals surface area contributed by atoms with Crippen LogP contribution in [-0.4, -0.2) is 35.8 Å². The van der Waals surface area contributed by atoms with Crippen LogP contribution in [0.25, 0.3) is 0 Å². The van der Waals surface area contributed by atoms with Gasteiger partial charge >= 0.3 is 11.9 Å². The summed E-state index contributed by atoms with van der Waals surface area (Å²) in [6.07, 6.45) is 4.15. The molecule has 0 fully saturated rings. The molecule has 0 radical (unpaired) electrons. The second-order valence-electron chi connectivity index (χ2n) is 8.62. The fraction of sp³-hybridized carbons (Fsp3) is 0.375. The highest BCUT2D eigenvalue weighted by Gasteiger charge is 2.30. The average Bonchev–Trinajstić information content (AvgIpc) is 3.22. The number of carbonyl (C=O) groups is 3. The summed E-state index contributed by atoms with van der Waals surface area (Å²) in [5.74, 6) is -1.59. The van der Waals surface area contributed by atoms with Crippen molar-refractivity contribution in [1.29, 1.82) is 5.41 Å². The number of rotatable bonds is 4. The molecular weight excluding hydrogens is 438 g/mol. The van der Waals surface area contributed by atoms with E-state index in [2.05, 4.69) is 27.5 Å². The molecule has 0 saturated carbocycles. The molecule has 1 aliphatic heterocycles. The first-order valence-electron chi connectivity index (χ1n) is 10.7. The van der Waals surface area contributed by atoms with Gasteiger partial charge in [-0.3, -0.25) is 9.59 Å². The van der Waals surface area contributed by atoms with Gasteiger partial charge in [-0.2, -0.15) is 0 Å². The smallest absolute Gasteiger partial charge is 0.338 e. The first-order chi connectivity index (χ1) is 16.0. The Kier molecular flexibility index (Phi) is 8.34. The van der Waals surface area contributed by atoms with Crippen molar-refractivity contribution in [3.05, 3.63) is 63.0 Å². The van der Waals surface area contributed by atoms with E-state index in [9.17, 15) is 19.3 Å². The Labute approximate surface area is 198 Å². The van der Waals surface area contributed by atoms with Crippen molar-refractivity contribution in [3.63, 3.8) is 0 Å². The third-order valence-electron chi connectivity index (χ3n) is 5.22.